The van der Waals surface area contributed by atoms with E-state index in [-0.39, 0.29) is 18.8 Å². The number of carbonyl (C=O) groups is 1. The van der Waals surface area contributed by atoms with Gasteiger partial charge < -0.3 is 9.05 Å². The van der Waals surface area contributed by atoms with E-state index in [9.17, 15) is 19.5 Å². The van der Waals surface area contributed by atoms with Gasteiger partial charge in [0.05, 0.1) is 19.1 Å². The molecule has 29 heavy (non-hydrogen) atoms. The molecule has 0 fully saturated rings. The summed E-state index contributed by atoms with van der Waals surface area (Å²) in [6.45, 7) is 2.69. The van der Waals surface area contributed by atoms with Crippen molar-refractivity contribution in [2.45, 2.75) is 25.4 Å². The van der Waals surface area contributed by atoms with Crippen molar-refractivity contribution in [3.8, 4) is 0 Å². The van der Waals surface area contributed by atoms with E-state index >= 15 is 0 Å². The predicted octanol–water partition coefficient (Wildman–Crippen LogP) is 5.22. The molecule has 0 aromatic heterocycles. The van der Waals surface area contributed by atoms with E-state index in [1.54, 1.807) is 68.4 Å². The van der Waals surface area contributed by atoms with Crippen LogP contribution in [0.5, 0.6) is 0 Å². The standard InChI is InChI=1S/C20H23ClNO6P/c1-3-27-29(26,28-4-2)20(19(23)16-8-6-5-7-9-16)18(14-22(24)25)15-10-12-17(21)13-11-15/h5-13,18,20H,3-4,14H2,1-2H3/t18-,20?/m0/s1. The second-order valence-electron chi connectivity index (χ2n) is 6.22. The number of hydrogen-bond donors (Lipinski definition) is 0. The van der Waals surface area contributed by atoms with Gasteiger partial charge in [-0.15, -0.1) is 0 Å². The summed E-state index contributed by atoms with van der Waals surface area (Å²) in [5, 5.41) is 11.9. The smallest absolute Gasteiger partial charge is 0.308 e. The highest BCUT2D eigenvalue weighted by Gasteiger charge is 2.48. The van der Waals surface area contributed by atoms with Crippen LogP contribution in [0.15, 0.2) is 54.6 Å². The van der Waals surface area contributed by atoms with Gasteiger partial charge in [-0.1, -0.05) is 54.1 Å². The lowest BCUT2D eigenvalue weighted by Crippen LogP contribution is -2.34. The van der Waals surface area contributed by atoms with Gasteiger partial charge in [-0.25, -0.2) is 0 Å². The molecule has 7 nitrogen and oxygen atoms in total. The predicted molar refractivity (Wildman–Crippen MR) is 111 cm³/mol. The van der Waals surface area contributed by atoms with Crippen molar-refractivity contribution in [2.24, 2.45) is 0 Å². The van der Waals surface area contributed by atoms with Crippen molar-refractivity contribution in [3.63, 3.8) is 0 Å². The number of carbonyl (C=O) groups excluding carboxylic acids is 1. The van der Waals surface area contributed by atoms with Gasteiger partial charge in [0.15, 0.2) is 5.78 Å². The molecule has 0 N–H and O–H groups in total. The first kappa shape index (κ1) is 23.2. The molecule has 2 rings (SSSR count). The first-order chi connectivity index (χ1) is 13.8. The van der Waals surface area contributed by atoms with Gasteiger partial charge in [-0.2, -0.15) is 0 Å². The Morgan fingerprint density at radius 3 is 2.10 bits per heavy atom. The molecular formula is C20H23ClNO6P. The summed E-state index contributed by atoms with van der Waals surface area (Å²) in [5.41, 5.74) is -0.643. The maximum absolute atomic E-state index is 13.7. The zero-order chi connectivity index (χ0) is 21.4. The first-order valence-corrected chi connectivity index (χ1v) is 11.2. The molecule has 2 atom stereocenters. The minimum Gasteiger partial charge on any atom is -0.308 e. The lowest BCUT2D eigenvalue weighted by molar-refractivity contribution is -0.483. The van der Waals surface area contributed by atoms with Crippen molar-refractivity contribution in [3.05, 3.63) is 80.9 Å². The fourth-order valence-corrected chi connectivity index (χ4v) is 5.52. The largest absolute Gasteiger partial charge is 0.342 e. The molecule has 0 aliphatic rings. The minimum absolute atomic E-state index is 0.0294. The van der Waals surface area contributed by atoms with Gasteiger partial charge in [0.1, 0.15) is 5.66 Å². The van der Waals surface area contributed by atoms with Crippen LogP contribution in [0.2, 0.25) is 5.02 Å². The lowest BCUT2D eigenvalue weighted by Gasteiger charge is -2.30. The summed E-state index contributed by atoms with van der Waals surface area (Å²) in [6.07, 6.45) is 0. The Morgan fingerprint density at radius 2 is 1.62 bits per heavy atom. The van der Waals surface area contributed by atoms with Crippen molar-refractivity contribution < 1.29 is 23.3 Å². The summed E-state index contributed by atoms with van der Waals surface area (Å²) in [5.74, 6) is -1.56. The molecule has 0 aliphatic carbocycles. The van der Waals surface area contributed by atoms with Gasteiger partial charge in [0, 0.05) is 15.5 Å². The number of nitro groups is 1. The molecule has 0 saturated carbocycles. The van der Waals surface area contributed by atoms with Gasteiger partial charge in [-0.05, 0) is 31.5 Å². The van der Waals surface area contributed by atoms with Crippen LogP contribution in [-0.4, -0.2) is 36.1 Å². The number of benzene rings is 2. The van der Waals surface area contributed by atoms with Crippen LogP contribution in [0.3, 0.4) is 0 Å². The van der Waals surface area contributed by atoms with E-state index in [0.717, 1.165) is 0 Å². The van der Waals surface area contributed by atoms with Crippen molar-refractivity contribution >= 4 is 25.0 Å². The van der Waals surface area contributed by atoms with Crippen molar-refractivity contribution in [2.75, 3.05) is 19.8 Å². The molecule has 1 unspecified atom stereocenters. The molecule has 0 aliphatic heterocycles. The highest BCUT2D eigenvalue weighted by atomic mass is 35.5. The average Bonchev–Trinajstić information content (AvgIpc) is 2.68. The number of ketones is 1. The molecular weight excluding hydrogens is 417 g/mol. The highest BCUT2D eigenvalue weighted by Crippen LogP contribution is 2.58. The number of rotatable bonds is 11. The summed E-state index contributed by atoms with van der Waals surface area (Å²) in [6, 6.07) is 14.5. The minimum atomic E-state index is -4.03. The molecule has 0 radical (unpaired) electrons. The van der Waals surface area contributed by atoms with Crippen LogP contribution in [-0.2, 0) is 13.6 Å². The molecule has 156 valence electrons. The molecule has 0 saturated heterocycles. The topological polar surface area (TPSA) is 95.7 Å². The maximum Gasteiger partial charge on any atom is 0.342 e. The SMILES string of the molecule is CCOP(=O)(OCC)C(C(=O)c1ccccc1)[C@@H](C[N+](=O)[O-])c1ccc(Cl)cc1. The Hall–Kier alpha value is -2.05. The quantitative estimate of drug-likeness (QED) is 0.206. The Balaban J connectivity index is 2.66. The average molecular weight is 440 g/mol. The van der Waals surface area contributed by atoms with E-state index in [2.05, 4.69) is 0 Å². The van der Waals surface area contributed by atoms with E-state index in [0.29, 0.717) is 10.6 Å². The zero-order valence-corrected chi connectivity index (χ0v) is 17.8. The van der Waals surface area contributed by atoms with E-state index in [1.807, 2.05) is 0 Å². The van der Waals surface area contributed by atoms with Gasteiger partial charge >= 0.3 is 7.60 Å². The van der Waals surface area contributed by atoms with Crippen LogP contribution in [0, 0.1) is 10.1 Å². The molecule has 0 bridgehead atoms. The van der Waals surface area contributed by atoms with Crippen LogP contribution in [0.1, 0.15) is 35.7 Å². The molecule has 2 aromatic rings. The summed E-state index contributed by atoms with van der Waals surface area (Å²) >= 11 is 5.94. The van der Waals surface area contributed by atoms with Gasteiger partial charge in [0.2, 0.25) is 6.54 Å². The Labute approximate surface area is 174 Å². The second kappa shape index (κ2) is 10.6. The highest BCUT2D eigenvalue weighted by molar-refractivity contribution is 7.56. The third-order valence-electron chi connectivity index (χ3n) is 4.31. The van der Waals surface area contributed by atoms with Crippen LogP contribution in [0.4, 0.5) is 0 Å². The number of halogens is 1. The summed E-state index contributed by atoms with van der Waals surface area (Å²) < 4.78 is 24.6. The molecule has 0 amide bonds. The Bertz CT molecular complexity index is 864. The van der Waals surface area contributed by atoms with Crippen LogP contribution < -0.4 is 0 Å². The number of Topliss-reactive ketones (excluding diaryl/α,β-unsaturated/α-hetero) is 1. The monoisotopic (exact) mass is 439 g/mol. The fourth-order valence-electron chi connectivity index (χ4n) is 3.14. The summed E-state index contributed by atoms with van der Waals surface area (Å²) in [7, 11) is -4.03. The maximum atomic E-state index is 13.7. The molecule has 2 aromatic carbocycles. The Kier molecular flexibility index (Phi) is 8.53. The first-order valence-electron chi connectivity index (χ1n) is 9.17. The van der Waals surface area contributed by atoms with Crippen molar-refractivity contribution in [1.82, 2.24) is 0 Å². The third-order valence-corrected chi connectivity index (χ3v) is 7.07. The van der Waals surface area contributed by atoms with Gasteiger partial charge in [0.25, 0.3) is 0 Å². The number of nitrogens with zero attached hydrogens (tertiary/aromatic N) is 1. The normalized spacial score (nSPS) is 13.6. The van der Waals surface area contributed by atoms with E-state index in [1.165, 1.54) is 0 Å². The lowest BCUT2D eigenvalue weighted by atomic mass is 9.91. The van der Waals surface area contributed by atoms with Gasteiger partial charge in [-0.3, -0.25) is 19.5 Å². The molecule has 0 spiro atoms. The molecule has 0 heterocycles. The fraction of sp³-hybridized carbons (Fsp3) is 0.350. The number of hydrogen-bond acceptors (Lipinski definition) is 6. The van der Waals surface area contributed by atoms with Crippen LogP contribution in [0.25, 0.3) is 0 Å². The van der Waals surface area contributed by atoms with E-state index < -0.39 is 36.4 Å². The zero-order valence-electron chi connectivity index (χ0n) is 16.2. The van der Waals surface area contributed by atoms with Crippen LogP contribution >= 0.6 is 19.2 Å². The van der Waals surface area contributed by atoms with E-state index in [4.69, 9.17) is 20.6 Å². The molecule has 9 heteroatoms. The third kappa shape index (κ3) is 5.97. The Morgan fingerprint density at radius 1 is 1.07 bits per heavy atom. The van der Waals surface area contributed by atoms with Crippen molar-refractivity contribution in [1.29, 1.82) is 0 Å². The summed E-state index contributed by atoms with van der Waals surface area (Å²) in [4.78, 5) is 24.3. The second-order valence-corrected chi connectivity index (χ2v) is 8.81.